The maximum absolute atomic E-state index is 14.5. The molecule has 0 fully saturated rings. The number of aromatic nitrogens is 6. The molecule has 0 saturated carbocycles. The van der Waals surface area contributed by atoms with Crippen LogP contribution in [0.25, 0.3) is 55.7 Å². The first-order valence-corrected chi connectivity index (χ1v) is 13.2. The van der Waals surface area contributed by atoms with Gasteiger partial charge in [-0.3, -0.25) is 15.1 Å². The number of aromatic amines is 2. The summed E-state index contributed by atoms with van der Waals surface area (Å²) >= 11 is 0. The summed E-state index contributed by atoms with van der Waals surface area (Å²) in [5.41, 5.74) is 7.13. The van der Waals surface area contributed by atoms with Gasteiger partial charge in [0.05, 0.1) is 34.9 Å². The molecule has 0 radical (unpaired) electrons. The van der Waals surface area contributed by atoms with Crippen LogP contribution in [0.3, 0.4) is 0 Å². The van der Waals surface area contributed by atoms with E-state index in [0.717, 1.165) is 39.6 Å². The van der Waals surface area contributed by atoms with Crippen LogP contribution >= 0.6 is 0 Å². The highest BCUT2D eigenvalue weighted by Gasteiger charge is 2.16. The van der Waals surface area contributed by atoms with E-state index in [9.17, 15) is 12.8 Å². The standard InChI is InChI=1S/C26H20FN7O2S/c1-37(35,36)30-12-15-8-17(10-18(27)9-15)20-13-29-14-24-19(20)11-23(31-24)26-25-22(33-34-26)3-2-21(32-25)16-4-6-28-7-5-16/h2-11,13-14,30-31H,12H2,1H3,(H,33,34). The average molecular weight is 514 g/mol. The lowest BCUT2D eigenvalue weighted by molar-refractivity contribution is 0.586. The third-order valence-electron chi connectivity index (χ3n) is 5.99. The number of rotatable bonds is 6. The molecule has 0 spiro atoms. The summed E-state index contributed by atoms with van der Waals surface area (Å²) in [5.74, 6) is -0.471. The summed E-state index contributed by atoms with van der Waals surface area (Å²) in [7, 11) is -3.42. The number of fused-ring (bicyclic) bond motifs is 2. The van der Waals surface area contributed by atoms with Crippen molar-refractivity contribution in [3.8, 4) is 33.8 Å². The van der Waals surface area contributed by atoms with Gasteiger partial charge in [0, 0.05) is 41.6 Å². The van der Waals surface area contributed by atoms with E-state index in [1.165, 1.54) is 12.1 Å². The predicted octanol–water partition coefficient (Wildman–Crippen LogP) is 4.42. The first kappa shape index (κ1) is 23.0. The fourth-order valence-corrected chi connectivity index (χ4v) is 4.73. The van der Waals surface area contributed by atoms with Gasteiger partial charge in [0.1, 0.15) is 17.0 Å². The zero-order chi connectivity index (χ0) is 25.6. The number of nitrogens with zero attached hydrogens (tertiary/aromatic N) is 4. The van der Waals surface area contributed by atoms with Crippen LogP contribution in [0.15, 0.2) is 73.3 Å². The second kappa shape index (κ2) is 8.87. The first-order valence-electron chi connectivity index (χ1n) is 11.3. The summed E-state index contributed by atoms with van der Waals surface area (Å²) in [4.78, 5) is 16.6. The highest BCUT2D eigenvalue weighted by Crippen LogP contribution is 2.34. The smallest absolute Gasteiger partial charge is 0.209 e. The lowest BCUT2D eigenvalue weighted by atomic mass is 10.0. The molecule has 0 atom stereocenters. The van der Waals surface area contributed by atoms with Crippen LogP contribution in [0.1, 0.15) is 5.56 Å². The SMILES string of the molecule is CS(=O)(=O)NCc1cc(F)cc(-c2cncc3[nH]c(-c4n[nH]c5ccc(-c6ccncc6)nc45)cc23)c1. The van der Waals surface area contributed by atoms with Crippen molar-refractivity contribution in [1.29, 1.82) is 0 Å². The first-order chi connectivity index (χ1) is 17.8. The number of pyridine rings is 3. The Morgan fingerprint density at radius 2 is 1.78 bits per heavy atom. The van der Waals surface area contributed by atoms with Gasteiger partial charge in [0.2, 0.25) is 10.0 Å². The Morgan fingerprint density at radius 3 is 2.59 bits per heavy atom. The Kier molecular flexibility index (Phi) is 5.50. The fraction of sp³-hybridized carbons (Fsp3) is 0.0769. The molecule has 5 heterocycles. The van der Waals surface area contributed by atoms with Crippen LogP contribution in [0, 0.1) is 5.82 Å². The van der Waals surface area contributed by atoms with Crippen molar-refractivity contribution >= 4 is 32.0 Å². The molecule has 9 nitrogen and oxygen atoms in total. The van der Waals surface area contributed by atoms with Gasteiger partial charge in [-0.15, -0.1) is 0 Å². The number of sulfonamides is 1. The molecule has 0 saturated heterocycles. The van der Waals surface area contributed by atoms with Gasteiger partial charge in [-0.05, 0) is 59.7 Å². The molecular formula is C26H20FN7O2S. The minimum atomic E-state index is -3.42. The van der Waals surface area contributed by atoms with Crippen LogP contribution in [-0.4, -0.2) is 44.8 Å². The minimum absolute atomic E-state index is 0.0177. The van der Waals surface area contributed by atoms with Gasteiger partial charge < -0.3 is 4.98 Å². The highest BCUT2D eigenvalue weighted by molar-refractivity contribution is 7.88. The van der Waals surface area contributed by atoms with E-state index in [0.29, 0.717) is 27.9 Å². The quantitative estimate of drug-likeness (QED) is 0.302. The lowest BCUT2D eigenvalue weighted by Crippen LogP contribution is -2.21. The number of nitrogens with one attached hydrogen (secondary N) is 3. The number of hydrogen-bond donors (Lipinski definition) is 3. The van der Waals surface area contributed by atoms with E-state index in [1.54, 1.807) is 30.9 Å². The van der Waals surface area contributed by atoms with Crippen molar-refractivity contribution in [1.82, 2.24) is 34.9 Å². The van der Waals surface area contributed by atoms with Crippen LogP contribution in [0.5, 0.6) is 0 Å². The monoisotopic (exact) mass is 513 g/mol. The van der Waals surface area contributed by atoms with E-state index >= 15 is 0 Å². The van der Waals surface area contributed by atoms with Gasteiger partial charge in [0.25, 0.3) is 0 Å². The van der Waals surface area contributed by atoms with Gasteiger partial charge in [0.15, 0.2) is 0 Å². The molecule has 0 amide bonds. The molecule has 184 valence electrons. The van der Waals surface area contributed by atoms with E-state index < -0.39 is 15.8 Å². The molecule has 0 aliphatic heterocycles. The molecule has 0 unspecified atom stereocenters. The molecule has 5 aromatic heterocycles. The summed E-state index contributed by atoms with van der Waals surface area (Å²) < 4.78 is 39.9. The van der Waals surface area contributed by atoms with Crippen molar-refractivity contribution in [3.05, 3.63) is 84.7 Å². The van der Waals surface area contributed by atoms with E-state index in [2.05, 4.69) is 29.9 Å². The van der Waals surface area contributed by atoms with Crippen LogP contribution in [0.2, 0.25) is 0 Å². The predicted molar refractivity (Wildman–Crippen MR) is 139 cm³/mol. The number of benzene rings is 1. The van der Waals surface area contributed by atoms with Gasteiger partial charge >= 0.3 is 0 Å². The third kappa shape index (κ3) is 4.57. The molecule has 0 bridgehead atoms. The van der Waals surface area contributed by atoms with Crippen molar-refractivity contribution in [2.45, 2.75) is 6.54 Å². The maximum atomic E-state index is 14.5. The fourth-order valence-electron chi connectivity index (χ4n) is 4.30. The molecule has 3 N–H and O–H groups in total. The van der Waals surface area contributed by atoms with Crippen molar-refractivity contribution in [2.75, 3.05) is 6.26 Å². The lowest BCUT2D eigenvalue weighted by Gasteiger charge is -2.08. The Balaban J connectivity index is 1.44. The summed E-state index contributed by atoms with van der Waals surface area (Å²) in [6, 6.07) is 14.0. The van der Waals surface area contributed by atoms with Gasteiger partial charge in [-0.2, -0.15) is 5.10 Å². The van der Waals surface area contributed by atoms with Gasteiger partial charge in [-0.1, -0.05) is 0 Å². The van der Waals surface area contributed by atoms with Crippen LogP contribution < -0.4 is 4.72 Å². The summed E-state index contributed by atoms with van der Waals surface area (Å²) in [6.45, 7) is -0.0177. The Bertz CT molecular complexity index is 1880. The molecule has 11 heteroatoms. The van der Waals surface area contributed by atoms with E-state index in [4.69, 9.17) is 4.98 Å². The second-order valence-electron chi connectivity index (χ2n) is 8.67. The zero-order valence-corrected chi connectivity index (χ0v) is 20.3. The Morgan fingerprint density at radius 1 is 0.946 bits per heavy atom. The topological polar surface area (TPSA) is 129 Å². The second-order valence-corrected chi connectivity index (χ2v) is 10.5. The average Bonchev–Trinajstić information content (AvgIpc) is 3.51. The van der Waals surface area contributed by atoms with Gasteiger partial charge in [-0.25, -0.2) is 22.5 Å². The summed E-state index contributed by atoms with van der Waals surface area (Å²) in [5, 5.41) is 8.35. The largest absolute Gasteiger partial charge is 0.352 e. The molecule has 0 aliphatic carbocycles. The molecule has 1 aromatic carbocycles. The van der Waals surface area contributed by atoms with E-state index in [-0.39, 0.29) is 6.54 Å². The molecule has 0 aliphatic rings. The van der Waals surface area contributed by atoms with Crippen LogP contribution in [-0.2, 0) is 16.6 Å². The van der Waals surface area contributed by atoms with Crippen molar-refractivity contribution in [3.63, 3.8) is 0 Å². The minimum Gasteiger partial charge on any atom is -0.352 e. The normalized spacial score (nSPS) is 11.9. The number of hydrogen-bond acceptors (Lipinski definition) is 6. The zero-order valence-electron chi connectivity index (χ0n) is 19.5. The summed E-state index contributed by atoms with van der Waals surface area (Å²) in [6.07, 6.45) is 7.85. The molecule has 37 heavy (non-hydrogen) atoms. The maximum Gasteiger partial charge on any atom is 0.209 e. The number of H-pyrrole nitrogens is 2. The molecule has 6 aromatic rings. The Labute approximate surface area is 210 Å². The van der Waals surface area contributed by atoms with Crippen molar-refractivity contribution < 1.29 is 12.8 Å². The van der Waals surface area contributed by atoms with Crippen molar-refractivity contribution in [2.24, 2.45) is 0 Å². The molecular weight excluding hydrogens is 493 g/mol. The number of halogens is 1. The highest BCUT2D eigenvalue weighted by atomic mass is 32.2. The molecule has 6 rings (SSSR count). The third-order valence-corrected chi connectivity index (χ3v) is 6.66. The van der Waals surface area contributed by atoms with Crippen LogP contribution in [0.4, 0.5) is 4.39 Å². The Hall–Kier alpha value is -4.48. The van der Waals surface area contributed by atoms with E-state index in [1.807, 2.05) is 30.3 Å².